The first-order valence-corrected chi connectivity index (χ1v) is 10.1. The number of nitrogens with one attached hydrogen (secondary N) is 1. The van der Waals surface area contributed by atoms with Gasteiger partial charge >= 0.3 is 0 Å². The second kappa shape index (κ2) is 7.50. The number of aromatic nitrogens is 1. The van der Waals surface area contributed by atoms with Crippen LogP contribution in [0, 0.1) is 0 Å². The van der Waals surface area contributed by atoms with E-state index in [-0.39, 0.29) is 30.0 Å². The Bertz CT molecular complexity index is 1010. The molecule has 1 fully saturated rings. The predicted octanol–water partition coefficient (Wildman–Crippen LogP) is 3.89. The topological polar surface area (TPSA) is 79.4 Å². The van der Waals surface area contributed by atoms with E-state index in [1.807, 2.05) is 42.5 Å². The van der Waals surface area contributed by atoms with Crippen molar-refractivity contribution in [2.75, 3.05) is 5.32 Å². The van der Waals surface area contributed by atoms with Crippen LogP contribution < -0.4 is 5.32 Å². The van der Waals surface area contributed by atoms with E-state index < -0.39 is 5.25 Å². The van der Waals surface area contributed by atoms with Crippen LogP contribution >= 0.6 is 23.1 Å². The first-order chi connectivity index (χ1) is 13.1. The molecular weight excluding hydrogens is 382 g/mol. The van der Waals surface area contributed by atoms with Gasteiger partial charge in [-0.25, -0.2) is 4.98 Å². The van der Waals surface area contributed by atoms with Gasteiger partial charge in [0.15, 0.2) is 5.13 Å². The van der Waals surface area contributed by atoms with Crippen LogP contribution in [0.2, 0.25) is 0 Å². The van der Waals surface area contributed by atoms with Gasteiger partial charge in [0, 0.05) is 18.0 Å². The molecule has 0 bridgehead atoms. The summed E-state index contributed by atoms with van der Waals surface area (Å²) >= 11 is 2.21. The Balaban J connectivity index is 1.47. The number of benzene rings is 2. The molecule has 136 valence electrons. The lowest BCUT2D eigenvalue weighted by Crippen LogP contribution is -2.32. The smallest absolute Gasteiger partial charge is 0.289 e. The minimum atomic E-state index is -0.701. The summed E-state index contributed by atoms with van der Waals surface area (Å²) in [5.74, 6) is -0.650. The van der Waals surface area contributed by atoms with E-state index in [2.05, 4.69) is 10.3 Å². The highest BCUT2D eigenvalue weighted by Gasteiger charge is 2.40. The van der Waals surface area contributed by atoms with Crippen LogP contribution in [0.15, 0.2) is 54.0 Å². The molecule has 1 aromatic heterocycles. The quantitative estimate of drug-likeness (QED) is 0.707. The molecule has 0 spiro atoms. The van der Waals surface area contributed by atoms with Gasteiger partial charge in [0.25, 0.3) is 5.24 Å². The Morgan fingerprint density at radius 2 is 1.96 bits per heavy atom. The molecule has 0 aliphatic carbocycles. The van der Waals surface area contributed by atoms with E-state index >= 15 is 0 Å². The number of imide groups is 1. The van der Waals surface area contributed by atoms with Gasteiger partial charge in [-0.05, 0) is 16.3 Å². The Hall–Kier alpha value is -2.71. The Labute approximate surface area is 163 Å². The van der Waals surface area contributed by atoms with Crippen molar-refractivity contribution in [3.05, 3.63) is 59.6 Å². The van der Waals surface area contributed by atoms with Crippen LogP contribution in [0.25, 0.3) is 10.8 Å². The second-order valence-electron chi connectivity index (χ2n) is 6.02. The number of fused-ring (bicyclic) bond motifs is 1. The molecule has 1 atom stereocenters. The van der Waals surface area contributed by atoms with Crippen molar-refractivity contribution in [3.63, 3.8) is 0 Å². The van der Waals surface area contributed by atoms with E-state index in [0.717, 1.165) is 28.1 Å². The summed E-state index contributed by atoms with van der Waals surface area (Å²) in [7, 11) is 0. The Kier molecular flexibility index (Phi) is 4.91. The minimum absolute atomic E-state index is 0.0547. The lowest BCUT2D eigenvalue weighted by Gasteiger charge is -2.15. The number of amides is 3. The van der Waals surface area contributed by atoms with Crippen molar-refractivity contribution in [2.45, 2.75) is 18.2 Å². The van der Waals surface area contributed by atoms with E-state index in [4.69, 9.17) is 0 Å². The predicted molar refractivity (Wildman–Crippen MR) is 107 cm³/mol. The third-order valence-electron chi connectivity index (χ3n) is 4.26. The summed E-state index contributed by atoms with van der Waals surface area (Å²) in [5, 5.41) is 5.92. The first-order valence-electron chi connectivity index (χ1n) is 8.30. The zero-order valence-corrected chi connectivity index (χ0v) is 15.8. The molecule has 27 heavy (non-hydrogen) atoms. The fourth-order valence-electron chi connectivity index (χ4n) is 3.00. The van der Waals surface area contributed by atoms with Crippen LogP contribution in [0.4, 0.5) is 9.93 Å². The maximum Gasteiger partial charge on any atom is 0.289 e. The van der Waals surface area contributed by atoms with Crippen molar-refractivity contribution < 1.29 is 14.4 Å². The van der Waals surface area contributed by atoms with E-state index in [9.17, 15) is 14.4 Å². The lowest BCUT2D eigenvalue weighted by atomic mass is 10.0. The zero-order chi connectivity index (χ0) is 18.8. The van der Waals surface area contributed by atoms with Crippen LogP contribution in [-0.2, 0) is 16.1 Å². The molecule has 2 heterocycles. The zero-order valence-electron chi connectivity index (χ0n) is 14.1. The molecule has 1 saturated heterocycles. The normalized spacial score (nSPS) is 16.9. The maximum absolute atomic E-state index is 12.7. The average molecular weight is 397 g/mol. The average Bonchev–Trinajstić information content (AvgIpc) is 3.26. The van der Waals surface area contributed by atoms with Crippen molar-refractivity contribution in [3.8, 4) is 0 Å². The Morgan fingerprint density at radius 1 is 1.15 bits per heavy atom. The molecule has 8 heteroatoms. The maximum atomic E-state index is 12.7. The van der Waals surface area contributed by atoms with Gasteiger partial charge in [-0.15, -0.1) is 11.3 Å². The van der Waals surface area contributed by atoms with Crippen LogP contribution in [0.1, 0.15) is 12.0 Å². The Morgan fingerprint density at radius 3 is 2.78 bits per heavy atom. The number of carbonyl (C=O) groups excluding carboxylic acids is 3. The first kappa shape index (κ1) is 17.7. The summed E-state index contributed by atoms with van der Waals surface area (Å²) in [5.41, 5.74) is 0.906. The number of anilines is 1. The van der Waals surface area contributed by atoms with Gasteiger partial charge in [-0.1, -0.05) is 54.2 Å². The molecule has 0 saturated carbocycles. The van der Waals surface area contributed by atoms with Crippen LogP contribution in [-0.4, -0.2) is 32.2 Å². The molecule has 2 aromatic carbocycles. The fraction of sp³-hybridized carbons (Fsp3) is 0.158. The van der Waals surface area contributed by atoms with Crippen molar-refractivity contribution in [1.29, 1.82) is 0 Å². The van der Waals surface area contributed by atoms with E-state index in [1.165, 1.54) is 16.2 Å². The van der Waals surface area contributed by atoms with Gasteiger partial charge in [0.2, 0.25) is 11.8 Å². The molecule has 4 rings (SSSR count). The number of carbonyl (C=O) groups is 3. The molecular formula is C19H15N3O3S2. The minimum Gasteiger partial charge on any atom is -0.302 e. The highest BCUT2D eigenvalue weighted by molar-refractivity contribution is 8.15. The number of thiazole rings is 1. The number of thioether (sulfide) groups is 1. The standard InChI is InChI=1S/C19H15N3O3S2/c23-16(21-18-20-8-9-26-18)10-15-17(24)22(19(25)27-15)11-13-6-3-5-12-4-1-2-7-14(12)13/h1-9,15H,10-11H2,(H,20,21,23)/t15-/m0/s1. The molecule has 1 aliphatic heterocycles. The number of hydrogen-bond donors (Lipinski definition) is 1. The van der Waals surface area contributed by atoms with Crippen molar-refractivity contribution in [1.82, 2.24) is 9.88 Å². The SMILES string of the molecule is O=C(C[C@@H]1SC(=O)N(Cc2cccc3ccccc23)C1=O)Nc1nccs1. The molecule has 1 aliphatic rings. The third-order valence-corrected chi connectivity index (χ3v) is 6.03. The van der Waals surface area contributed by atoms with Gasteiger partial charge in [-0.2, -0.15) is 0 Å². The summed E-state index contributed by atoms with van der Waals surface area (Å²) in [6, 6.07) is 13.7. The molecule has 1 N–H and O–H groups in total. The van der Waals surface area contributed by atoms with Gasteiger partial charge in [-0.3, -0.25) is 19.3 Å². The summed E-state index contributed by atoms with van der Waals surface area (Å²) in [6.45, 7) is 0.205. The molecule has 0 radical (unpaired) electrons. The number of hydrogen-bond acceptors (Lipinski definition) is 6. The highest BCUT2D eigenvalue weighted by Crippen LogP contribution is 2.32. The molecule has 0 unspecified atom stereocenters. The summed E-state index contributed by atoms with van der Waals surface area (Å²) in [6.07, 6.45) is 1.53. The monoisotopic (exact) mass is 397 g/mol. The third kappa shape index (κ3) is 3.72. The number of rotatable bonds is 5. The van der Waals surface area contributed by atoms with E-state index in [1.54, 1.807) is 11.6 Å². The van der Waals surface area contributed by atoms with Crippen molar-refractivity contribution >= 4 is 56.1 Å². The van der Waals surface area contributed by atoms with Crippen molar-refractivity contribution in [2.24, 2.45) is 0 Å². The molecule has 6 nitrogen and oxygen atoms in total. The van der Waals surface area contributed by atoms with Gasteiger partial charge in [0.05, 0.1) is 6.54 Å². The summed E-state index contributed by atoms with van der Waals surface area (Å²) in [4.78, 5) is 42.4. The van der Waals surface area contributed by atoms with Crippen LogP contribution in [0.3, 0.4) is 0 Å². The van der Waals surface area contributed by atoms with E-state index in [0.29, 0.717) is 5.13 Å². The fourth-order valence-corrected chi connectivity index (χ4v) is 4.53. The van der Waals surface area contributed by atoms with Gasteiger partial charge < -0.3 is 5.32 Å². The molecule has 3 aromatic rings. The van der Waals surface area contributed by atoms with Gasteiger partial charge in [0.1, 0.15) is 5.25 Å². The highest BCUT2D eigenvalue weighted by atomic mass is 32.2. The van der Waals surface area contributed by atoms with Crippen LogP contribution in [0.5, 0.6) is 0 Å². The lowest BCUT2D eigenvalue weighted by molar-refractivity contribution is -0.129. The molecule has 3 amide bonds. The largest absolute Gasteiger partial charge is 0.302 e. The second-order valence-corrected chi connectivity index (χ2v) is 8.07. The summed E-state index contributed by atoms with van der Waals surface area (Å²) < 4.78 is 0. The number of nitrogens with zero attached hydrogens (tertiary/aromatic N) is 2.